The van der Waals surface area contributed by atoms with Crippen molar-refractivity contribution < 1.29 is 4.79 Å². The number of anilines is 1. The van der Waals surface area contributed by atoms with Crippen LogP contribution in [0.15, 0.2) is 57.8 Å². The van der Waals surface area contributed by atoms with E-state index in [9.17, 15) is 4.79 Å². The third kappa shape index (κ3) is 3.27. The molecule has 0 saturated heterocycles. The average Bonchev–Trinajstić information content (AvgIpc) is 2.92. The SMILES string of the molecule is N#CCC(=O)Nc1ccccc1Sc1nc2ccccc2s1. The Bertz CT molecular complexity index is 834. The summed E-state index contributed by atoms with van der Waals surface area (Å²) in [6.07, 6.45) is -0.153. The van der Waals surface area contributed by atoms with Crippen LogP contribution < -0.4 is 5.32 Å². The molecule has 6 heteroatoms. The second kappa shape index (κ2) is 6.60. The molecule has 0 unspecified atom stereocenters. The summed E-state index contributed by atoms with van der Waals surface area (Å²) in [5, 5.41) is 11.3. The van der Waals surface area contributed by atoms with Gasteiger partial charge in [0, 0.05) is 4.90 Å². The van der Waals surface area contributed by atoms with Gasteiger partial charge in [0.2, 0.25) is 5.91 Å². The number of amides is 1. The molecular formula is C16H11N3OS2. The molecule has 1 amide bonds. The molecule has 1 heterocycles. The number of aromatic nitrogens is 1. The topological polar surface area (TPSA) is 65.8 Å². The summed E-state index contributed by atoms with van der Waals surface area (Å²) >= 11 is 3.13. The molecule has 3 aromatic rings. The summed E-state index contributed by atoms with van der Waals surface area (Å²) in [7, 11) is 0. The van der Waals surface area contributed by atoms with Gasteiger partial charge in [-0.25, -0.2) is 4.98 Å². The smallest absolute Gasteiger partial charge is 0.238 e. The molecule has 108 valence electrons. The molecule has 0 radical (unpaired) electrons. The van der Waals surface area contributed by atoms with Gasteiger partial charge in [0.1, 0.15) is 6.42 Å². The standard InChI is InChI=1S/C16H11N3OS2/c17-10-9-15(20)18-11-5-1-3-7-13(11)21-16-19-12-6-2-4-8-14(12)22-16/h1-8H,9H2,(H,18,20). The van der Waals surface area contributed by atoms with E-state index in [0.29, 0.717) is 5.69 Å². The Hall–Kier alpha value is -2.36. The lowest BCUT2D eigenvalue weighted by molar-refractivity contribution is -0.115. The fourth-order valence-corrected chi connectivity index (χ4v) is 4.02. The molecule has 0 aliphatic carbocycles. The summed E-state index contributed by atoms with van der Waals surface area (Å²) in [6.45, 7) is 0. The van der Waals surface area contributed by atoms with Gasteiger partial charge in [-0.05, 0) is 24.3 Å². The van der Waals surface area contributed by atoms with Crippen molar-refractivity contribution in [1.29, 1.82) is 5.26 Å². The number of hydrogen-bond acceptors (Lipinski definition) is 5. The highest BCUT2D eigenvalue weighted by Gasteiger charge is 2.10. The van der Waals surface area contributed by atoms with Gasteiger partial charge in [-0.2, -0.15) is 5.26 Å². The summed E-state index contributed by atoms with van der Waals surface area (Å²) in [6, 6.07) is 17.3. The van der Waals surface area contributed by atoms with E-state index in [4.69, 9.17) is 5.26 Å². The zero-order valence-electron chi connectivity index (χ0n) is 11.4. The first-order valence-corrected chi connectivity index (χ1v) is 8.19. The lowest BCUT2D eigenvalue weighted by Crippen LogP contribution is -2.10. The second-order valence-corrected chi connectivity index (χ2v) is 6.75. The van der Waals surface area contributed by atoms with Gasteiger partial charge in [0.25, 0.3) is 0 Å². The van der Waals surface area contributed by atoms with E-state index in [-0.39, 0.29) is 12.3 Å². The molecule has 0 spiro atoms. The van der Waals surface area contributed by atoms with Gasteiger partial charge in [0.15, 0.2) is 4.34 Å². The van der Waals surface area contributed by atoms with E-state index in [2.05, 4.69) is 10.3 Å². The molecule has 4 nitrogen and oxygen atoms in total. The molecule has 2 aromatic carbocycles. The molecule has 3 rings (SSSR count). The largest absolute Gasteiger partial charge is 0.324 e. The molecule has 1 N–H and O–H groups in total. The van der Waals surface area contributed by atoms with E-state index >= 15 is 0 Å². The molecule has 22 heavy (non-hydrogen) atoms. The predicted molar refractivity (Wildman–Crippen MR) is 89.0 cm³/mol. The van der Waals surface area contributed by atoms with Crippen LogP contribution in [0.5, 0.6) is 0 Å². The third-order valence-electron chi connectivity index (χ3n) is 2.87. The maximum atomic E-state index is 11.6. The molecule has 1 aromatic heterocycles. The van der Waals surface area contributed by atoms with Gasteiger partial charge in [-0.3, -0.25) is 4.79 Å². The zero-order chi connectivity index (χ0) is 15.4. The number of hydrogen-bond donors (Lipinski definition) is 1. The molecule has 0 atom stereocenters. The van der Waals surface area contributed by atoms with Crippen LogP contribution in [0, 0.1) is 11.3 Å². The highest BCUT2D eigenvalue weighted by atomic mass is 32.2. The number of benzene rings is 2. The second-order valence-electron chi connectivity index (χ2n) is 4.43. The van der Waals surface area contributed by atoms with E-state index in [1.807, 2.05) is 54.6 Å². The normalized spacial score (nSPS) is 10.3. The Morgan fingerprint density at radius 1 is 1.23 bits per heavy atom. The minimum Gasteiger partial charge on any atom is -0.324 e. The molecule has 0 aliphatic heterocycles. The van der Waals surface area contributed by atoms with Crippen molar-refractivity contribution >= 4 is 44.9 Å². The van der Waals surface area contributed by atoms with Gasteiger partial charge in [0.05, 0.1) is 22.0 Å². The molecule has 0 fully saturated rings. The van der Waals surface area contributed by atoms with Crippen LogP contribution in [0.3, 0.4) is 0 Å². The van der Waals surface area contributed by atoms with Crippen molar-refractivity contribution in [3.05, 3.63) is 48.5 Å². The van der Waals surface area contributed by atoms with Gasteiger partial charge < -0.3 is 5.32 Å². The quantitative estimate of drug-likeness (QED) is 0.776. The van der Waals surface area contributed by atoms with E-state index < -0.39 is 0 Å². The van der Waals surface area contributed by atoms with Gasteiger partial charge in [-0.1, -0.05) is 36.0 Å². The van der Waals surface area contributed by atoms with Gasteiger partial charge >= 0.3 is 0 Å². The lowest BCUT2D eigenvalue weighted by atomic mass is 10.3. The van der Waals surface area contributed by atoms with E-state index in [1.54, 1.807) is 11.3 Å². The number of rotatable bonds is 4. The molecular weight excluding hydrogens is 314 g/mol. The Balaban J connectivity index is 1.85. The number of thiazole rings is 1. The van der Waals surface area contributed by atoms with E-state index in [0.717, 1.165) is 19.5 Å². The van der Waals surface area contributed by atoms with Crippen LogP contribution in [0.1, 0.15) is 6.42 Å². The van der Waals surface area contributed by atoms with Crippen LogP contribution in [0.2, 0.25) is 0 Å². The summed E-state index contributed by atoms with van der Waals surface area (Å²) in [5.41, 5.74) is 1.67. The first-order valence-electron chi connectivity index (χ1n) is 6.55. The lowest BCUT2D eigenvalue weighted by Gasteiger charge is -2.08. The van der Waals surface area contributed by atoms with Crippen LogP contribution in [-0.2, 0) is 4.79 Å². The van der Waals surface area contributed by atoms with Crippen LogP contribution in [0.25, 0.3) is 10.2 Å². The highest BCUT2D eigenvalue weighted by molar-refractivity contribution is 8.01. The van der Waals surface area contributed by atoms with Gasteiger partial charge in [-0.15, -0.1) is 11.3 Å². The highest BCUT2D eigenvalue weighted by Crippen LogP contribution is 2.37. The Kier molecular flexibility index (Phi) is 4.37. The van der Waals surface area contributed by atoms with E-state index in [1.165, 1.54) is 11.8 Å². The number of para-hydroxylation sites is 2. The Labute approximate surface area is 135 Å². The Morgan fingerprint density at radius 3 is 2.82 bits per heavy atom. The maximum absolute atomic E-state index is 11.6. The van der Waals surface area contributed by atoms with Crippen LogP contribution in [0.4, 0.5) is 5.69 Å². The summed E-state index contributed by atoms with van der Waals surface area (Å²) < 4.78 is 2.05. The van der Waals surface area contributed by atoms with Crippen molar-refractivity contribution in [3.8, 4) is 6.07 Å². The number of fused-ring (bicyclic) bond motifs is 1. The number of nitrogens with zero attached hydrogens (tertiary/aromatic N) is 2. The number of nitrogens with one attached hydrogen (secondary N) is 1. The number of carbonyl (C=O) groups excluding carboxylic acids is 1. The van der Waals surface area contributed by atoms with Crippen molar-refractivity contribution in [2.45, 2.75) is 15.7 Å². The van der Waals surface area contributed by atoms with Crippen LogP contribution >= 0.6 is 23.1 Å². The summed E-state index contributed by atoms with van der Waals surface area (Å²) in [5.74, 6) is -0.306. The minimum absolute atomic E-state index is 0.153. The third-order valence-corrected chi connectivity index (χ3v) is 5.05. The van der Waals surface area contributed by atoms with Crippen LogP contribution in [-0.4, -0.2) is 10.9 Å². The minimum atomic E-state index is -0.306. The van der Waals surface area contributed by atoms with Crippen molar-refractivity contribution in [2.75, 3.05) is 5.32 Å². The average molecular weight is 325 g/mol. The van der Waals surface area contributed by atoms with Crippen molar-refractivity contribution in [1.82, 2.24) is 4.98 Å². The predicted octanol–water partition coefficient (Wildman–Crippen LogP) is 4.30. The van der Waals surface area contributed by atoms with Crippen molar-refractivity contribution in [3.63, 3.8) is 0 Å². The fourth-order valence-electron chi connectivity index (χ4n) is 1.91. The van der Waals surface area contributed by atoms with Crippen molar-refractivity contribution in [2.24, 2.45) is 0 Å². The molecule has 0 aliphatic rings. The fraction of sp³-hybridized carbons (Fsp3) is 0.0625. The monoisotopic (exact) mass is 325 g/mol. The molecule has 0 saturated carbocycles. The maximum Gasteiger partial charge on any atom is 0.238 e. The number of carbonyl (C=O) groups is 1. The summed E-state index contributed by atoms with van der Waals surface area (Å²) in [4.78, 5) is 17.1. The molecule has 0 bridgehead atoms. The zero-order valence-corrected chi connectivity index (χ0v) is 13.1. The first-order chi connectivity index (χ1) is 10.8. The first kappa shape index (κ1) is 14.6. The number of nitriles is 1. The Morgan fingerprint density at radius 2 is 2.00 bits per heavy atom.